The Hall–Kier alpha value is -1.56. The van der Waals surface area contributed by atoms with E-state index in [1.165, 1.54) is 0 Å². The number of hydrogen-bond donors (Lipinski definition) is 0. The average molecular weight is 305 g/mol. The van der Waals surface area contributed by atoms with Gasteiger partial charge in [-0.05, 0) is 18.6 Å². The van der Waals surface area contributed by atoms with Crippen molar-refractivity contribution in [3.05, 3.63) is 29.0 Å². The third kappa shape index (κ3) is 2.80. The summed E-state index contributed by atoms with van der Waals surface area (Å²) in [4.78, 5) is 15.2. The van der Waals surface area contributed by atoms with Crippen molar-refractivity contribution in [3.63, 3.8) is 0 Å². The van der Waals surface area contributed by atoms with Crippen molar-refractivity contribution in [2.75, 3.05) is 0 Å². The molecule has 2 rings (SSSR count). The molecule has 0 fully saturated rings. The molecular weight excluding hydrogens is 293 g/mol. The fourth-order valence-electron chi connectivity index (χ4n) is 2.03. The summed E-state index contributed by atoms with van der Waals surface area (Å²) in [5.74, 6) is -1.71. The number of rotatable bonds is 4. The van der Waals surface area contributed by atoms with E-state index in [9.17, 15) is 18.0 Å². The Labute approximate surface area is 118 Å². The molecule has 7 heteroatoms. The lowest BCUT2D eigenvalue weighted by atomic mass is 10.2. The average Bonchev–Trinajstić information content (AvgIpc) is 2.68. The van der Waals surface area contributed by atoms with Crippen LogP contribution in [0.2, 0.25) is 5.02 Å². The SMILES string of the molecule is CCCn1c(CC(=O)C(F)(F)F)nc2cccc(Cl)c21. The Bertz CT molecular complexity index is 649. The number of imidazole rings is 1. The highest BCUT2D eigenvalue weighted by molar-refractivity contribution is 6.35. The molecule has 0 aliphatic carbocycles. The van der Waals surface area contributed by atoms with Gasteiger partial charge in [0.2, 0.25) is 5.78 Å². The van der Waals surface area contributed by atoms with Crippen LogP contribution in [0.15, 0.2) is 18.2 Å². The van der Waals surface area contributed by atoms with Gasteiger partial charge in [-0.25, -0.2) is 4.98 Å². The molecule has 1 aromatic carbocycles. The zero-order valence-electron chi connectivity index (χ0n) is 10.7. The summed E-state index contributed by atoms with van der Waals surface area (Å²) in [5, 5.41) is 0.411. The minimum absolute atomic E-state index is 0.0947. The summed E-state index contributed by atoms with van der Waals surface area (Å²) in [6.45, 7) is 2.35. The van der Waals surface area contributed by atoms with Crippen molar-refractivity contribution in [3.8, 4) is 0 Å². The molecule has 0 saturated heterocycles. The van der Waals surface area contributed by atoms with Gasteiger partial charge in [0, 0.05) is 6.54 Å². The molecule has 0 bridgehead atoms. The number of fused-ring (bicyclic) bond motifs is 1. The first-order valence-corrected chi connectivity index (χ1v) is 6.46. The van der Waals surface area contributed by atoms with E-state index in [-0.39, 0.29) is 5.82 Å². The molecule has 3 nitrogen and oxygen atoms in total. The van der Waals surface area contributed by atoms with Crippen LogP contribution in [0.25, 0.3) is 11.0 Å². The lowest BCUT2D eigenvalue weighted by Gasteiger charge is -2.09. The van der Waals surface area contributed by atoms with Crippen LogP contribution in [0.1, 0.15) is 19.2 Å². The number of aromatic nitrogens is 2. The molecular formula is C13H12ClF3N2O. The minimum atomic E-state index is -4.85. The normalized spacial score (nSPS) is 12.1. The van der Waals surface area contributed by atoms with Gasteiger partial charge in [0.1, 0.15) is 5.82 Å². The zero-order chi connectivity index (χ0) is 14.9. The number of para-hydroxylation sites is 1. The Kier molecular flexibility index (Phi) is 4.04. The van der Waals surface area contributed by atoms with E-state index in [2.05, 4.69) is 4.98 Å². The molecule has 2 aromatic rings. The number of hydrogen-bond acceptors (Lipinski definition) is 2. The molecule has 1 heterocycles. The van der Waals surface area contributed by atoms with E-state index in [0.717, 1.165) is 0 Å². The predicted molar refractivity (Wildman–Crippen MR) is 69.8 cm³/mol. The summed E-state index contributed by atoms with van der Waals surface area (Å²) < 4.78 is 38.7. The van der Waals surface area contributed by atoms with Gasteiger partial charge in [0.25, 0.3) is 0 Å². The molecule has 0 aliphatic heterocycles. The predicted octanol–water partition coefficient (Wildman–Crippen LogP) is 3.77. The summed E-state index contributed by atoms with van der Waals surface area (Å²) in [6.07, 6.45) is -4.92. The van der Waals surface area contributed by atoms with Crippen LogP contribution in [-0.4, -0.2) is 21.5 Å². The van der Waals surface area contributed by atoms with Crippen molar-refractivity contribution in [2.24, 2.45) is 0 Å². The van der Waals surface area contributed by atoms with Gasteiger partial charge in [-0.15, -0.1) is 0 Å². The van der Waals surface area contributed by atoms with Crippen LogP contribution in [0.4, 0.5) is 13.2 Å². The van der Waals surface area contributed by atoms with Gasteiger partial charge in [-0.2, -0.15) is 13.2 Å². The van der Waals surface area contributed by atoms with E-state index in [4.69, 9.17) is 11.6 Å². The number of alkyl halides is 3. The topological polar surface area (TPSA) is 34.9 Å². The molecule has 0 atom stereocenters. The van der Waals surface area contributed by atoms with Crippen molar-refractivity contribution >= 4 is 28.4 Å². The number of halogens is 4. The maximum absolute atomic E-state index is 12.4. The van der Waals surface area contributed by atoms with Crippen molar-refractivity contribution < 1.29 is 18.0 Å². The van der Waals surface area contributed by atoms with Gasteiger partial charge in [-0.1, -0.05) is 24.6 Å². The molecule has 0 spiro atoms. The van der Waals surface area contributed by atoms with Crippen LogP contribution >= 0.6 is 11.6 Å². The highest BCUT2D eigenvalue weighted by Gasteiger charge is 2.38. The van der Waals surface area contributed by atoms with E-state index in [1.54, 1.807) is 22.8 Å². The van der Waals surface area contributed by atoms with Crippen LogP contribution in [0.3, 0.4) is 0 Å². The third-order valence-electron chi connectivity index (χ3n) is 2.88. The number of carbonyl (C=O) groups is 1. The second kappa shape index (κ2) is 5.44. The third-order valence-corrected chi connectivity index (χ3v) is 3.18. The lowest BCUT2D eigenvalue weighted by molar-refractivity contribution is -0.170. The van der Waals surface area contributed by atoms with E-state index in [0.29, 0.717) is 29.0 Å². The first-order chi connectivity index (χ1) is 9.34. The minimum Gasteiger partial charge on any atom is -0.326 e. The van der Waals surface area contributed by atoms with Gasteiger partial charge < -0.3 is 4.57 Å². The van der Waals surface area contributed by atoms with E-state index in [1.807, 2.05) is 6.92 Å². The number of ketones is 1. The van der Waals surface area contributed by atoms with Crippen LogP contribution < -0.4 is 0 Å². The maximum atomic E-state index is 12.4. The first kappa shape index (κ1) is 14.8. The van der Waals surface area contributed by atoms with Crippen LogP contribution in [-0.2, 0) is 17.8 Å². The van der Waals surface area contributed by atoms with Crippen molar-refractivity contribution in [1.82, 2.24) is 9.55 Å². The van der Waals surface area contributed by atoms with E-state index >= 15 is 0 Å². The fraction of sp³-hybridized carbons (Fsp3) is 0.385. The number of carbonyl (C=O) groups excluding carboxylic acids is 1. The second-order valence-electron chi connectivity index (χ2n) is 4.38. The fourth-order valence-corrected chi connectivity index (χ4v) is 2.30. The molecule has 0 radical (unpaired) electrons. The van der Waals surface area contributed by atoms with Crippen molar-refractivity contribution in [2.45, 2.75) is 32.5 Å². The molecule has 0 saturated carbocycles. The van der Waals surface area contributed by atoms with Gasteiger partial charge in [0.05, 0.1) is 22.5 Å². The molecule has 0 aliphatic rings. The Balaban J connectivity index is 2.50. The molecule has 0 amide bonds. The smallest absolute Gasteiger partial charge is 0.326 e. The Morgan fingerprint density at radius 1 is 1.40 bits per heavy atom. The van der Waals surface area contributed by atoms with Crippen LogP contribution in [0.5, 0.6) is 0 Å². The molecule has 108 valence electrons. The molecule has 20 heavy (non-hydrogen) atoms. The second-order valence-corrected chi connectivity index (χ2v) is 4.79. The highest BCUT2D eigenvalue weighted by atomic mass is 35.5. The van der Waals surface area contributed by atoms with Gasteiger partial charge in [0.15, 0.2) is 0 Å². The monoisotopic (exact) mass is 304 g/mol. The first-order valence-electron chi connectivity index (χ1n) is 6.08. The standard InChI is InChI=1S/C13H12ClF3N2O/c1-2-6-19-11(7-10(20)13(15,16)17)18-9-5-3-4-8(14)12(9)19/h3-5H,2,6-7H2,1H3. The maximum Gasteiger partial charge on any atom is 0.450 e. The van der Waals surface area contributed by atoms with Crippen LogP contribution in [0, 0.1) is 0 Å². The van der Waals surface area contributed by atoms with Crippen molar-refractivity contribution in [1.29, 1.82) is 0 Å². The number of Topliss-reactive ketones (excluding diaryl/α,β-unsaturated/α-hetero) is 1. The number of nitrogens with zero attached hydrogens (tertiary/aromatic N) is 2. The lowest BCUT2D eigenvalue weighted by Crippen LogP contribution is -2.26. The summed E-state index contributed by atoms with van der Waals surface area (Å²) in [7, 11) is 0. The number of aryl methyl sites for hydroxylation is 1. The molecule has 0 unspecified atom stereocenters. The zero-order valence-corrected chi connectivity index (χ0v) is 11.4. The highest BCUT2D eigenvalue weighted by Crippen LogP contribution is 2.26. The molecule has 0 N–H and O–H groups in total. The van der Waals surface area contributed by atoms with Gasteiger partial charge in [-0.3, -0.25) is 4.79 Å². The quantitative estimate of drug-likeness (QED) is 0.861. The van der Waals surface area contributed by atoms with E-state index < -0.39 is 18.4 Å². The largest absolute Gasteiger partial charge is 0.450 e. The summed E-state index contributed by atoms with van der Waals surface area (Å²) >= 11 is 6.07. The van der Waals surface area contributed by atoms with Gasteiger partial charge >= 0.3 is 6.18 Å². The summed E-state index contributed by atoms with van der Waals surface area (Å²) in [5.41, 5.74) is 1.07. The Morgan fingerprint density at radius 3 is 2.70 bits per heavy atom. The summed E-state index contributed by atoms with van der Waals surface area (Å²) in [6, 6.07) is 4.98. The Morgan fingerprint density at radius 2 is 2.10 bits per heavy atom. The molecule has 1 aromatic heterocycles. The number of benzene rings is 1.